The van der Waals surface area contributed by atoms with E-state index in [1.54, 1.807) is 19.2 Å². The van der Waals surface area contributed by atoms with Crippen LogP contribution in [0.15, 0.2) is 36.8 Å². The van der Waals surface area contributed by atoms with Gasteiger partial charge < -0.3 is 30.5 Å². The van der Waals surface area contributed by atoms with Crippen LogP contribution in [0.2, 0.25) is 10.0 Å². The highest BCUT2D eigenvalue weighted by Gasteiger charge is 2.21. The van der Waals surface area contributed by atoms with Gasteiger partial charge in [-0.05, 0) is 51.1 Å². The second kappa shape index (κ2) is 11.7. The van der Waals surface area contributed by atoms with E-state index in [0.717, 1.165) is 37.1 Å². The molecule has 0 bridgehead atoms. The Bertz CT molecular complexity index is 1210. The number of pyridine rings is 1. The average molecular weight is 548 g/mol. The van der Waals surface area contributed by atoms with E-state index >= 15 is 0 Å². The number of phosphoric acid groups is 1. The van der Waals surface area contributed by atoms with Crippen LogP contribution in [0.25, 0.3) is 11.1 Å². The fourth-order valence-electron chi connectivity index (χ4n) is 3.63. The number of ether oxygens (including phenoxy) is 1. The lowest BCUT2D eigenvalue weighted by molar-refractivity contribution is 0.227. The van der Waals surface area contributed by atoms with E-state index in [0.29, 0.717) is 22.4 Å². The second-order valence-electron chi connectivity index (χ2n) is 7.83. The highest BCUT2D eigenvalue weighted by molar-refractivity contribution is 7.45. The molecule has 190 valence electrons. The van der Waals surface area contributed by atoms with Crippen molar-refractivity contribution in [3.63, 3.8) is 0 Å². The molecule has 3 aromatic rings. The third-order valence-corrected chi connectivity index (χ3v) is 6.00. The minimum absolute atomic E-state index is 0.0686. The van der Waals surface area contributed by atoms with Gasteiger partial charge in [0.15, 0.2) is 11.6 Å². The lowest BCUT2D eigenvalue weighted by Gasteiger charge is -2.22. The van der Waals surface area contributed by atoms with Gasteiger partial charge in [0.1, 0.15) is 11.9 Å². The summed E-state index contributed by atoms with van der Waals surface area (Å²) in [5.74, 6) is 0.0303. The third-order valence-electron chi connectivity index (χ3n) is 5.29. The molecule has 0 saturated carbocycles. The molecule has 1 saturated heterocycles. The second-order valence-corrected chi connectivity index (χ2v) is 9.64. The van der Waals surface area contributed by atoms with Crippen molar-refractivity contribution in [2.45, 2.75) is 31.9 Å². The van der Waals surface area contributed by atoms with E-state index in [1.807, 2.05) is 17.1 Å². The van der Waals surface area contributed by atoms with E-state index < -0.39 is 19.7 Å². The summed E-state index contributed by atoms with van der Waals surface area (Å²) in [7, 11) is -4.64. The highest BCUT2D eigenvalue weighted by Crippen LogP contribution is 2.37. The number of nitrogen functional groups attached to an aromatic ring is 1. The first-order valence-corrected chi connectivity index (χ1v) is 12.8. The van der Waals surface area contributed by atoms with Crippen LogP contribution >= 0.6 is 31.0 Å². The molecule has 35 heavy (non-hydrogen) atoms. The quantitative estimate of drug-likeness (QED) is 0.234. The summed E-state index contributed by atoms with van der Waals surface area (Å²) in [6, 6.07) is 4.85. The fourth-order valence-corrected chi connectivity index (χ4v) is 4.31. The van der Waals surface area contributed by atoms with Crippen molar-refractivity contribution in [2.24, 2.45) is 0 Å². The number of halogens is 3. The first-order chi connectivity index (χ1) is 16.4. The average Bonchev–Trinajstić information content (AvgIpc) is 3.28. The predicted octanol–water partition coefficient (Wildman–Crippen LogP) is 4.11. The normalized spacial score (nSPS) is 15.3. The van der Waals surface area contributed by atoms with Crippen molar-refractivity contribution in [3.05, 3.63) is 58.2 Å². The molecule has 6 N–H and O–H groups in total. The Morgan fingerprint density at radius 1 is 1.23 bits per heavy atom. The molecule has 0 unspecified atom stereocenters. The molecule has 1 aromatic carbocycles. The summed E-state index contributed by atoms with van der Waals surface area (Å²) in [6.45, 7) is 3.71. The van der Waals surface area contributed by atoms with Crippen molar-refractivity contribution in [1.29, 1.82) is 0 Å². The molecule has 3 heterocycles. The maximum atomic E-state index is 13.9. The first kappa shape index (κ1) is 27.3. The van der Waals surface area contributed by atoms with Crippen molar-refractivity contribution >= 4 is 36.8 Å². The lowest BCUT2D eigenvalue weighted by atomic mass is 10.1. The number of hydrogen-bond acceptors (Lipinski definition) is 6. The Kier molecular flexibility index (Phi) is 9.11. The summed E-state index contributed by atoms with van der Waals surface area (Å²) < 4.78 is 30.7. The molecule has 0 spiro atoms. The molecule has 2 aromatic heterocycles. The number of nitrogens with one attached hydrogen (secondary N) is 1. The summed E-state index contributed by atoms with van der Waals surface area (Å²) in [5, 5.41) is 8.13. The number of benzene rings is 1. The van der Waals surface area contributed by atoms with Crippen LogP contribution in [-0.2, 0) is 4.57 Å². The largest absolute Gasteiger partial charge is 0.482 e. The van der Waals surface area contributed by atoms with E-state index in [4.69, 9.17) is 52.9 Å². The maximum absolute atomic E-state index is 13.9. The van der Waals surface area contributed by atoms with Crippen molar-refractivity contribution < 1.29 is 28.4 Å². The molecule has 0 amide bonds. The van der Waals surface area contributed by atoms with Gasteiger partial charge >= 0.3 is 7.82 Å². The molecule has 10 nitrogen and oxygen atoms in total. The Hall–Kier alpha value is -2.24. The molecule has 14 heteroatoms. The predicted molar refractivity (Wildman–Crippen MR) is 131 cm³/mol. The number of hydrogen-bond donors (Lipinski definition) is 5. The third kappa shape index (κ3) is 7.62. The molecular weight excluding hydrogens is 523 g/mol. The van der Waals surface area contributed by atoms with Crippen molar-refractivity contribution in [2.75, 3.05) is 18.8 Å². The molecular formula is C21H25Cl2FN5O5P. The van der Waals surface area contributed by atoms with Gasteiger partial charge in [0.05, 0.1) is 17.3 Å². The number of anilines is 1. The van der Waals surface area contributed by atoms with Crippen LogP contribution in [0.5, 0.6) is 5.75 Å². The van der Waals surface area contributed by atoms with Gasteiger partial charge in [-0.25, -0.2) is 13.9 Å². The smallest absolute Gasteiger partial charge is 0.466 e. The van der Waals surface area contributed by atoms with Crippen molar-refractivity contribution in [3.8, 4) is 16.9 Å². The highest BCUT2D eigenvalue weighted by atomic mass is 35.5. The van der Waals surface area contributed by atoms with E-state index in [9.17, 15) is 4.39 Å². The molecule has 1 atom stereocenters. The summed E-state index contributed by atoms with van der Waals surface area (Å²) in [4.78, 5) is 25.8. The molecule has 1 aliphatic rings. The molecule has 0 aliphatic carbocycles. The van der Waals surface area contributed by atoms with E-state index in [2.05, 4.69) is 15.4 Å². The molecule has 0 radical (unpaired) electrons. The summed E-state index contributed by atoms with van der Waals surface area (Å²) >= 11 is 12.3. The standard InChI is InChI=1S/C21H22Cl2FN5O.H3O4P/c1-12(19-16(22)2-3-17(24)20(19)23)30-18-8-13(9-27-21(18)25)14-10-28-29(11-14)15-4-6-26-7-5-15;1-5(2,3)4/h2-3,8-12,15,26H,4-7H2,1H3,(H2,25,27);(H3,1,2,3,4)/t12-;/m1./s1. The van der Waals surface area contributed by atoms with Gasteiger partial charge in [-0.2, -0.15) is 5.10 Å². The van der Waals surface area contributed by atoms with Gasteiger partial charge in [0.25, 0.3) is 0 Å². The van der Waals surface area contributed by atoms with E-state index in [-0.39, 0.29) is 10.8 Å². The van der Waals surface area contributed by atoms with Crippen molar-refractivity contribution in [1.82, 2.24) is 20.1 Å². The molecule has 4 rings (SSSR count). The zero-order chi connectivity index (χ0) is 25.8. The number of nitrogens with two attached hydrogens (primary N) is 1. The number of aromatic nitrogens is 3. The lowest BCUT2D eigenvalue weighted by Crippen LogP contribution is -2.29. The van der Waals surface area contributed by atoms with E-state index in [1.165, 1.54) is 12.1 Å². The first-order valence-electron chi connectivity index (χ1n) is 10.5. The Morgan fingerprint density at radius 3 is 2.54 bits per heavy atom. The van der Waals surface area contributed by atoms with Crippen LogP contribution in [0.4, 0.5) is 10.2 Å². The molecule has 1 fully saturated rings. The minimum atomic E-state index is -4.64. The van der Waals surface area contributed by atoms with Crippen LogP contribution < -0.4 is 15.8 Å². The van der Waals surface area contributed by atoms with Gasteiger partial charge in [-0.15, -0.1) is 0 Å². The SMILES string of the molecule is C[C@@H](Oc1cc(-c2cnn(C3CCNCC3)c2)cnc1N)c1c(Cl)ccc(F)c1Cl.O=P(O)(O)O. The zero-order valence-corrected chi connectivity index (χ0v) is 21.0. The van der Waals surface area contributed by atoms with Gasteiger partial charge in [0, 0.05) is 34.1 Å². The molecule has 1 aliphatic heterocycles. The maximum Gasteiger partial charge on any atom is 0.466 e. The van der Waals surface area contributed by atoms with Gasteiger partial charge in [-0.3, -0.25) is 4.68 Å². The monoisotopic (exact) mass is 547 g/mol. The Labute approximate surface area is 211 Å². The fraction of sp³-hybridized carbons (Fsp3) is 0.333. The van der Waals surface area contributed by atoms with Crippen LogP contribution in [0.3, 0.4) is 0 Å². The minimum Gasteiger partial charge on any atom is -0.482 e. The Balaban J connectivity index is 0.000000623. The summed E-state index contributed by atoms with van der Waals surface area (Å²) in [5.41, 5.74) is 8.12. The number of rotatable bonds is 5. The number of piperidine rings is 1. The van der Waals surface area contributed by atoms with Gasteiger partial charge in [-0.1, -0.05) is 23.2 Å². The van der Waals surface area contributed by atoms with Crippen LogP contribution in [-0.4, -0.2) is 42.5 Å². The van der Waals surface area contributed by atoms with Crippen LogP contribution in [0, 0.1) is 5.82 Å². The zero-order valence-electron chi connectivity index (χ0n) is 18.6. The topological polar surface area (TPSA) is 156 Å². The van der Waals surface area contributed by atoms with Gasteiger partial charge in [0.2, 0.25) is 0 Å². The number of nitrogens with zero attached hydrogens (tertiary/aromatic N) is 3. The Morgan fingerprint density at radius 2 is 1.89 bits per heavy atom. The summed E-state index contributed by atoms with van der Waals surface area (Å²) in [6.07, 6.45) is 6.96. The van der Waals surface area contributed by atoms with Crippen LogP contribution in [0.1, 0.15) is 37.5 Å².